The number of aliphatic hydroxyl groups excluding tert-OH is 1. The normalized spacial score (nSPS) is 35.6. The Bertz CT molecular complexity index is 120. The average molecular weight is 396 g/mol. The Hall–Kier alpha value is 1.15. The molecule has 0 aliphatic heterocycles. The summed E-state index contributed by atoms with van der Waals surface area (Å²) in [6.45, 7) is 0. The molecular weight excluding hydrogens is 382 g/mol. The van der Waals surface area contributed by atoms with Gasteiger partial charge in [0.1, 0.15) is 0 Å². The van der Waals surface area contributed by atoms with Crippen LogP contribution in [0.4, 0.5) is 0 Å². The molecule has 5 N–H and O–H groups in total. The number of aliphatic hydroxyl groups is 1. The van der Waals surface area contributed by atoms with Gasteiger partial charge in [-0.15, -0.1) is 0 Å². The van der Waals surface area contributed by atoms with Gasteiger partial charge in [-0.2, -0.15) is 0 Å². The maximum atomic E-state index is 9.06. The van der Waals surface area contributed by atoms with Gasteiger partial charge in [0.25, 0.3) is 0 Å². The van der Waals surface area contributed by atoms with E-state index in [2.05, 4.69) is 0 Å². The average Bonchev–Trinajstić information content (AvgIpc) is 1.99. The summed E-state index contributed by atoms with van der Waals surface area (Å²) >= 11 is -0.472. The Morgan fingerprint density at radius 3 is 2.00 bits per heavy atom. The van der Waals surface area contributed by atoms with Crippen LogP contribution >= 0.6 is 18.8 Å². The van der Waals surface area contributed by atoms with Crippen LogP contribution in [-0.4, -0.2) is 23.3 Å². The number of hydrogen-bond donors (Lipinski definition) is 3. The van der Waals surface area contributed by atoms with Crippen molar-refractivity contribution >= 4 is 18.8 Å². The first-order valence-electron chi connectivity index (χ1n) is 3.63. The van der Waals surface area contributed by atoms with Gasteiger partial charge in [0.15, 0.2) is 0 Å². The van der Waals surface area contributed by atoms with Crippen LogP contribution in [0.3, 0.4) is 0 Å². The summed E-state index contributed by atoms with van der Waals surface area (Å²) in [5.74, 6) is 0. The van der Waals surface area contributed by atoms with E-state index in [0.29, 0.717) is 6.42 Å². The molecule has 1 fully saturated rings. The number of halogens is 2. The van der Waals surface area contributed by atoms with Crippen LogP contribution in [0, 0.1) is 0 Å². The molecule has 0 bridgehead atoms. The first-order valence-corrected chi connectivity index (χ1v) is 9.26. The van der Waals surface area contributed by atoms with Gasteiger partial charge in [0.2, 0.25) is 0 Å². The second-order valence-corrected chi connectivity index (χ2v) is 6.12. The van der Waals surface area contributed by atoms with E-state index in [1.165, 1.54) is 0 Å². The Morgan fingerprint density at radius 1 is 1.17 bits per heavy atom. The van der Waals surface area contributed by atoms with Crippen molar-refractivity contribution in [2.24, 2.45) is 11.5 Å². The van der Waals surface area contributed by atoms with Crippen LogP contribution in [0.25, 0.3) is 0 Å². The minimum atomic E-state index is -0.472. The van der Waals surface area contributed by atoms with E-state index >= 15 is 0 Å². The number of nitrogens with two attached hydrogens (primary N) is 2. The molecule has 0 heterocycles. The molecule has 3 nitrogen and oxygen atoms in total. The van der Waals surface area contributed by atoms with Gasteiger partial charge in [-0.05, 0) is 19.3 Å². The van der Waals surface area contributed by atoms with Crippen molar-refractivity contribution in [2.45, 2.75) is 37.5 Å². The Balaban J connectivity index is 0.000000354. The molecule has 0 saturated heterocycles. The topological polar surface area (TPSA) is 72.3 Å². The summed E-state index contributed by atoms with van der Waals surface area (Å²) in [7, 11) is 9.75. The fraction of sp³-hybridized carbons (Fsp3) is 1.00. The maximum absolute atomic E-state index is 9.06. The third-order valence-corrected chi connectivity index (χ3v) is 1.93. The van der Waals surface area contributed by atoms with Crippen LogP contribution in [0.15, 0.2) is 0 Å². The summed E-state index contributed by atoms with van der Waals surface area (Å²) in [4.78, 5) is 0. The Labute approximate surface area is 89.2 Å². The summed E-state index contributed by atoms with van der Waals surface area (Å²) in [6.07, 6.45) is 2.14. The Kier molecular flexibility index (Phi) is 8.26. The fourth-order valence-electron chi connectivity index (χ4n) is 1.21. The van der Waals surface area contributed by atoms with Gasteiger partial charge >= 0.3 is 35.3 Å². The summed E-state index contributed by atoms with van der Waals surface area (Å²) in [5, 5.41) is 9.06. The molecular formula is C6H14Cl2N2OPt. The van der Waals surface area contributed by atoms with E-state index in [4.69, 9.17) is 35.4 Å². The van der Waals surface area contributed by atoms with E-state index in [1.54, 1.807) is 0 Å². The summed E-state index contributed by atoms with van der Waals surface area (Å²) in [5.41, 5.74) is 11.2. The zero-order valence-electron chi connectivity index (χ0n) is 6.53. The van der Waals surface area contributed by atoms with Gasteiger partial charge in [-0.25, -0.2) is 0 Å². The Morgan fingerprint density at radius 2 is 1.67 bits per heavy atom. The van der Waals surface area contributed by atoms with Crippen LogP contribution in [0.5, 0.6) is 0 Å². The van der Waals surface area contributed by atoms with E-state index in [9.17, 15) is 0 Å². The molecule has 0 aromatic carbocycles. The van der Waals surface area contributed by atoms with Crippen LogP contribution in [0.2, 0.25) is 0 Å². The SMILES string of the molecule is NC1CCC(O)CC1N.[Cl][Pt][Cl]. The van der Waals surface area contributed by atoms with Gasteiger partial charge in [0, 0.05) is 12.1 Å². The fourth-order valence-corrected chi connectivity index (χ4v) is 1.21. The third kappa shape index (κ3) is 5.74. The van der Waals surface area contributed by atoms with E-state index < -0.39 is 16.5 Å². The molecule has 1 aliphatic rings. The molecule has 0 spiro atoms. The van der Waals surface area contributed by atoms with Crippen molar-refractivity contribution in [3.63, 3.8) is 0 Å². The van der Waals surface area contributed by atoms with Crippen LogP contribution < -0.4 is 11.5 Å². The van der Waals surface area contributed by atoms with Gasteiger partial charge in [-0.3, -0.25) is 0 Å². The van der Waals surface area contributed by atoms with Crippen molar-refractivity contribution in [3.8, 4) is 0 Å². The molecule has 1 saturated carbocycles. The third-order valence-electron chi connectivity index (χ3n) is 1.93. The predicted octanol–water partition coefficient (Wildman–Crippen LogP) is 0.562. The van der Waals surface area contributed by atoms with E-state index in [1.807, 2.05) is 0 Å². The molecule has 1 aliphatic carbocycles. The van der Waals surface area contributed by atoms with Gasteiger partial charge < -0.3 is 16.6 Å². The first-order chi connectivity index (χ1) is 5.61. The molecule has 78 valence electrons. The zero-order valence-corrected chi connectivity index (χ0v) is 10.3. The molecule has 3 atom stereocenters. The quantitative estimate of drug-likeness (QED) is 0.561. The van der Waals surface area contributed by atoms with Crippen molar-refractivity contribution in [3.05, 3.63) is 0 Å². The number of hydrogen-bond acceptors (Lipinski definition) is 3. The first kappa shape index (κ1) is 13.1. The van der Waals surface area contributed by atoms with E-state index in [-0.39, 0.29) is 18.2 Å². The van der Waals surface area contributed by atoms with Crippen molar-refractivity contribution in [1.29, 1.82) is 0 Å². The monoisotopic (exact) mass is 395 g/mol. The standard InChI is InChI=1S/C6H14N2O.2ClH.Pt/c7-5-2-1-4(9)3-6(5)8;;;/h4-6,9H,1-3,7-8H2;2*1H;/q;;;+2/p-2. The van der Waals surface area contributed by atoms with Crippen molar-refractivity contribution in [1.82, 2.24) is 0 Å². The molecule has 0 aromatic rings. The summed E-state index contributed by atoms with van der Waals surface area (Å²) < 4.78 is 0. The van der Waals surface area contributed by atoms with Gasteiger partial charge in [0.05, 0.1) is 6.10 Å². The second-order valence-electron chi connectivity index (χ2n) is 2.84. The molecule has 6 heteroatoms. The zero-order chi connectivity index (χ0) is 9.56. The van der Waals surface area contributed by atoms with Crippen molar-refractivity contribution < 1.29 is 21.6 Å². The molecule has 0 amide bonds. The van der Waals surface area contributed by atoms with Crippen LogP contribution in [0.1, 0.15) is 19.3 Å². The molecule has 1 rings (SSSR count). The van der Waals surface area contributed by atoms with E-state index in [0.717, 1.165) is 12.8 Å². The minimum absolute atomic E-state index is 0.00810. The van der Waals surface area contributed by atoms with Gasteiger partial charge in [-0.1, -0.05) is 0 Å². The van der Waals surface area contributed by atoms with Crippen molar-refractivity contribution in [2.75, 3.05) is 0 Å². The molecule has 0 aromatic heterocycles. The molecule has 12 heavy (non-hydrogen) atoms. The number of rotatable bonds is 0. The summed E-state index contributed by atoms with van der Waals surface area (Å²) in [6, 6.07) is 0.113. The predicted molar refractivity (Wildman–Crippen MR) is 47.5 cm³/mol. The second kappa shape index (κ2) is 7.54. The molecule has 3 unspecified atom stereocenters. The molecule has 0 radical (unpaired) electrons. The van der Waals surface area contributed by atoms with Crippen LogP contribution in [-0.2, 0) is 16.5 Å².